The Kier molecular flexibility index (Phi) is 10.2. The zero-order valence-electron chi connectivity index (χ0n) is 22.1. The van der Waals surface area contributed by atoms with Crippen molar-refractivity contribution in [1.29, 1.82) is 0 Å². The number of aryl methyl sites for hydroxylation is 2. The number of aliphatic imine (C=N–C) groups is 1. The molecular weight excluding hydrogens is 517 g/mol. The van der Waals surface area contributed by atoms with Gasteiger partial charge in [0.1, 0.15) is 5.92 Å². The molecule has 206 valence electrons. The third-order valence-electron chi connectivity index (χ3n) is 6.51. The summed E-state index contributed by atoms with van der Waals surface area (Å²) in [6, 6.07) is 4.66. The molecule has 0 spiro atoms. The minimum absolute atomic E-state index is 0.0732. The van der Waals surface area contributed by atoms with Crippen LogP contribution in [0.4, 0.5) is 13.2 Å². The van der Waals surface area contributed by atoms with Crippen molar-refractivity contribution in [2.75, 3.05) is 13.7 Å². The van der Waals surface area contributed by atoms with Crippen LogP contribution in [-0.2, 0) is 31.7 Å². The fourth-order valence-corrected chi connectivity index (χ4v) is 5.49. The van der Waals surface area contributed by atoms with Crippen molar-refractivity contribution in [3.05, 3.63) is 62.7 Å². The number of nitrogens with zero attached hydrogens (tertiary/aromatic N) is 2. The molecule has 1 aliphatic heterocycles. The molecular formula is C28H33F3N2O4S. The molecule has 0 saturated heterocycles. The van der Waals surface area contributed by atoms with Crippen molar-refractivity contribution in [3.8, 4) is 0 Å². The number of hydrogen-bond donors (Lipinski definition) is 0. The van der Waals surface area contributed by atoms with Crippen molar-refractivity contribution >= 4 is 29.0 Å². The highest BCUT2D eigenvalue weighted by atomic mass is 32.1. The second kappa shape index (κ2) is 13.2. The number of esters is 2. The Labute approximate surface area is 225 Å². The molecule has 0 saturated carbocycles. The molecule has 2 atom stereocenters. The van der Waals surface area contributed by atoms with Crippen molar-refractivity contribution in [2.24, 2.45) is 10.9 Å². The first-order valence-corrected chi connectivity index (χ1v) is 13.5. The summed E-state index contributed by atoms with van der Waals surface area (Å²) in [5.74, 6) is -3.42. The summed E-state index contributed by atoms with van der Waals surface area (Å²) in [7, 11) is 1.19. The van der Waals surface area contributed by atoms with Crippen molar-refractivity contribution in [2.45, 2.75) is 71.4 Å². The van der Waals surface area contributed by atoms with Crippen molar-refractivity contribution in [1.82, 2.24) is 4.98 Å². The van der Waals surface area contributed by atoms with E-state index in [1.54, 1.807) is 25.2 Å². The number of allylic oxidation sites excluding steroid dienone is 1. The molecule has 0 amide bonds. The minimum Gasteiger partial charge on any atom is -0.468 e. The van der Waals surface area contributed by atoms with Crippen LogP contribution in [0.1, 0.15) is 73.7 Å². The van der Waals surface area contributed by atoms with Gasteiger partial charge in [0.15, 0.2) is 0 Å². The van der Waals surface area contributed by atoms with Crippen LogP contribution in [0.2, 0.25) is 0 Å². The molecule has 2 aromatic rings. The van der Waals surface area contributed by atoms with Crippen LogP contribution in [0.5, 0.6) is 0 Å². The Morgan fingerprint density at radius 3 is 2.42 bits per heavy atom. The van der Waals surface area contributed by atoms with Gasteiger partial charge in [-0.25, -0.2) is 9.78 Å². The molecule has 3 rings (SSSR count). The Bertz CT molecular complexity index is 1200. The Morgan fingerprint density at radius 1 is 1.05 bits per heavy atom. The topological polar surface area (TPSA) is 77.8 Å². The number of methoxy groups -OCH3 is 1. The summed E-state index contributed by atoms with van der Waals surface area (Å²) in [4.78, 5) is 34.7. The third kappa shape index (κ3) is 7.52. The van der Waals surface area contributed by atoms with E-state index in [0.717, 1.165) is 54.9 Å². The van der Waals surface area contributed by atoms with Gasteiger partial charge in [-0.3, -0.25) is 9.79 Å². The van der Waals surface area contributed by atoms with E-state index in [0.29, 0.717) is 17.8 Å². The van der Waals surface area contributed by atoms with Crippen LogP contribution in [0.15, 0.2) is 45.9 Å². The zero-order chi connectivity index (χ0) is 27.9. The number of halogens is 3. The lowest BCUT2D eigenvalue weighted by atomic mass is 9.75. The normalized spacial score (nSPS) is 17.8. The maximum Gasteiger partial charge on any atom is 0.416 e. The van der Waals surface area contributed by atoms with Gasteiger partial charge in [-0.2, -0.15) is 13.2 Å². The van der Waals surface area contributed by atoms with Gasteiger partial charge >= 0.3 is 18.1 Å². The molecule has 0 radical (unpaired) electrons. The molecule has 2 heterocycles. The summed E-state index contributed by atoms with van der Waals surface area (Å²) in [6.07, 6.45) is 0.997. The van der Waals surface area contributed by atoms with Gasteiger partial charge in [-0.1, -0.05) is 37.5 Å². The molecule has 0 fully saturated rings. The first-order valence-electron chi connectivity index (χ1n) is 12.6. The summed E-state index contributed by atoms with van der Waals surface area (Å²) in [5, 5.41) is 3.19. The van der Waals surface area contributed by atoms with E-state index in [1.807, 2.05) is 12.3 Å². The van der Waals surface area contributed by atoms with Gasteiger partial charge in [-0.05, 0) is 51.7 Å². The number of carbonyl (C=O) groups is 2. The number of rotatable bonds is 11. The number of carbonyl (C=O) groups excluding carboxylic acids is 2. The average Bonchev–Trinajstić information content (AvgIpc) is 3.29. The number of thiazole rings is 1. The van der Waals surface area contributed by atoms with Crippen LogP contribution in [-0.4, -0.2) is 36.4 Å². The van der Waals surface area contributed by atoms with Crippen LogP contribution in [0, 0.1) is 12.8 Å². The van der Waals surface area contributed by atoms with Crippen LogP contribution >= 0.6 is 11.3 Å². The van der Waals surface area contributed by atoms with E-state index >= 15 is 0 Å². The molecule has 1 aromatic heterocycles. The van der Waals surface area contributed by atoms with E-state index in [9.17, 15) is 22.8 Å². The summed E-state index contributed by atoms with van der Waals surface area (Å²) >= 11 is 1.68. The van der Waals surface area contributed by atoms with E-state index in [2.05, 4.69) is 9.98 Å². The molecule has 1 aromatic carbocycles. The van der Waals surface area contributed by atoms with Crippen molar-refractivity contribution in [3.63, 3.8) is 0 Å². The molecule has 2 unspecified atom stereocenters. The fraction of sp³-hybridized carbons (Fsp3) is 0.500. The number of benzene rings is 1. The van der Waals surface area contributed by atoms with Crippen molar-refractivity contribution < 1.29 is 32.2 Å². The predicted octanol–water partition coefficient (Wildman–Crippen LogP) is 6.83. The number of ether oxygens (including phenoxy) is 2. The molecule has 1 aliphatic rings. The maximum atomic E-state index is 13.4. The number of unbranched alkanes of at least 4 members (excludes halogenated alkanes) is 4. The Morgan fingerprint density at radius 2 is 1.76 bits per heavy atom. The maximum absolute atomic E-state index is 13.4. The lowest BCUT2D eigenvalue weighted by Crippen LogP contribution is -2.36. The highest BCUT2D eigenvalue weighted by molar-refractivity contribution is 7.09. The first kappa shape index (κ1) is 29.5. The first-order chi connectivity index (χ1) is 18.0. The van der Waals surface area contributed by atoms with Gasteiger partial charge in [0.25, 0.3) is 0 Å². The number of aromatic nitrogens is 1. The number of alkyl halides is 3. The van der Waals surface area contributed by atoms with E-state index in [4.69, 9.17) is 9.47 Å². The molecule has 0 bridgehead atoms. The second-order valence-electron chi connectivity index (χ2n) is 9.39. The summed E-state index contributed by atoms with van der Waals surface area (Å²) in [6.45, 7) is 5.35. The highest BCUT2D eigenvalue weighted by Crippen LogP contribution is 2.41. The Balaban J connectivity index is 1.66. The molecule has 0 N–H and O–H groups in total. The lowest BCUT2D eigenvalue weighted by molar-refractivity contribution is -0.144. The fourth-order valence-electron chi connectivity index (χ4n) is 4.67. The predicted molar refractivity (Wildman–Crippen MR) is 140 cm³/mol. The monoisotopic (exact) mass is 550 g/mol. The second-order valence-corrected chi connectivity index (χ2v) is 10.3. The molecule has 10 heteroatoms. The van der Waals surface area contributed by atoms with Gasteiger partial charge in [0.05, 0.1) is 29.9 Å². The number of hydrogen-bond acceptors (Lipinski definition) is 7. The minimum atomic E-state index is -4.58. The smallest absolute Gasteiger partial charge is 0.416 e. The Hall–Kier alpha value is -3.01. The molecule has 38 heavy (non-hydrogen) atoms. The van der Waals surface area contributed by atoms with E-state index < -0.39 is 35.5 Å². The van der Waals surface area contributed by atoms with Gasteiger partial charge in [0, 0.05) is 28.4 Å². The lowest BCUT2D eigenvalue weighted by Gasteiger charge is -2.31. The van der Waals surface area contributed by atoms with Gasteiger partial charge < -0.3 is 9.47 Å². The summed E-state index contributed by atoms with van der Waals surface area (Å²) in [5.41, 5.74) is 1.10. The third-order valence-corrected chi connectivity index (χ3v) is 7.54. The molecule has 0 aliphatic carbocycles. The largest absolute Gasteiger partial charge is 0.468 e. The van der Waals surface area contributed by atoms with Gasteiger partial charge in [-0.15, -0.1) is 11.3 Å². The van der Waals surface area contributed by atoms with E-state index in [-0.39, 0.29) is 17.7 Å². The summed E-state index contributed by atoms with van der Waals surface area (Å²) < 4.78 is 50.8. The SMILES string of the molecule is COC(=O)C1C(C)=NC(C)=C(C(=O)OCCCCCCCc2nc(C)cs2)C1c1cccc(C(F)(F)F)c1. The van der Waals surface area contributed by atoms with E-state index in [1.165, 1.54) is 19.2 Å². The quantitative estimate of drug-likeness (QED) is 0.226. The van der Waals surface area contributed by atoms with Crippen LogP contribution in [0.3, 0.4) is 0 Å². The van der Waals surface area contributed by atoms with Crippen LogP contribution < -0.4 is 0 Å². The average molecular weight is 551 g/mol. The standard InChI is InChI=1S/C28H33F3N2O4S/c1-17-16-38-22(32-17)13-8-6-5-7-9-14-37-27(35)24-19(3)33-18(2)23(26(34)36-4)25(24)20-11-10-12-21(15-20)28(29,30)31/h10-12,15-16,23,25H,5-9,13-14H2,1-4H3. The zero-order valence-corrected chi connectivity index (χ0v) is 22.9. The van der Waals surface area contributed by atoms with Crippen LogP contribution in [0.25, 0.3) is 0 Å². The molecule has 6 nitrogen and oxygen atoms in total. The van der Waals surface area contributed by atoms with Gasteiger partial charge in [0.2, 0.25) is 0 Å². The highest BCUT2D eigenvalue weighted by Gasteiger charge is 2.43.